The summed E-state index contributed by atoms with van der Waals surface area (Å²) >= 11 is 0. The number of methoxy groups -OCH3 is 1. The third-order valence-electron chi connectivity index (χ3n) is 4.37. The predicted octanol–water partition coefficient (Wildman–Crippen LogP) is 5.15. The molecular weight excluding hydrogens is 322 g/mol. The summed E-state index contributed by atoms with van der Waals surface area (Å²) in [6, 6.07) is 22.5. The van der Waals surface area contributed by atoms with Gasteiger partial charge < -0.3 is 4.74 Å². The zero-order valence-corrected chi connectivity index (χ0v) is 14.7. The molecule has 0 fully saturated rings. The summed E-state index contributed by atoms with van der Waals surface area (Å²) in [7, 11) is 1.66. The molecule has 0 aliphatic rings. The minimum atomic E-state index is 0.718. The molecule has 0 spiro atoms. The minimum absolute atomic E-state index is 0.718. The first-order valence-corrected chi connectivity index (χ1v) is 8.47. The molecule has 1 aromatic heterocycles. The monoisotopic (exact) mass is 341 g/mol. The lowest BCUT2D eigenvalue weighted by Gasteiger charge is -2.08. The average molecular weight is 341 g/mol. The topological polar surface area (TPSA) is 46.5 Å². The van der Waals surface area contributed by atoms with Crippen LogP contribution in [0.3, 0.4) is 0 Å². The van der Waals surface area contributed by atoms with Gasteiger partial charge >= 0.3 is 0 Å². The molecule has 1 N–H and O–H groups in total. The zero-order valence-electron chi connectivity index (χ0n) is 14.7. The molecule has 0 saturated heterocycles. The number of nitrogens with one attached hydrogen (secondary N) is 1. The van der Waals surface area contributed by atoms with Gasteiger partial charge in [0.25, 0.3) is 0 Å². The number of aryl methyl sites for hydroxylation is 1. The van der Waals surface area contributed by atoms with Gasteiger partial charge in [0.05, 0.1) is 13.3 Å². The molecule has 0 aliphatic heterocycles. The van der Waals surface area contributed by atoms with Gasteiger partial charge in [-0.1, -0.05) is 48.5 Å². The lowest BCUT2D eigenvalue weighted by Crippen LogP contribution is -1.97. The van der Waals surface area contributed by atoms with E-state index in [2.05, 4.69) is 39.8 Å². The van der Waals surface area contributed by atoms with Crippen molar-refractivity contribution in [2.45, 2.75) is 6.92 Å². The van der Waals surface area contributed by atoms with Gasteiger partial charge in [-0.05, 0) is 41.3 Å². The van der Waals surface area contributed by atoms with E-state index in [9.17, 15) is 0 Å². The van der Waals surface area contributed by atoms with Crippen LogP contribution in [0.25, 0.3) is 21.5 Å². The second-order valence-electron chi connectivity index (χ2n) is 6.14. The first-order valence-electron chi connectivity index (χ1n) is 8.47. The number of ether oxygens (including phenoxy) is 1. The van der Waals surface area contributed by atoms with Crippen molar-refractivity contribution in [3.8, 4) is 5.75 Å². The molecule has 0 radical (unpaired) electrons. The van der Waals surface area contributed by atoms with E-state index in [0.717, 1.165) is 33.6 Å². The van der Waals surface area contributed by atoms with Crippen molar-refractivity contribution in [2.24, 2.45) is 5.10 Å². The maximum absolute atomic E-state index is 5.34. The van der Waals surface area contributed by atoms with Crippen molar-refractivity contribution in [1.29, 1.82) is 0 Å². The lowest BCUT2D eigenvalue weighted by molar-refractivity contribution is 0.415. The van der Waals surface area contributed by atoms with Gasteiger partial charge in [-0.3, -0.25) is 5.43 Å². The van der Waals surface area contributed by atoms with Crippen LogP contribution < -0.4 is 10.2 Å². The molecule has 0 saturated carbocycles. The Labute approximate surface area is 152 Å². The maximum Gasteiger partial charge on any atom is 0.154 e. The van der Waals surface area contributed by atoms with E-state index in [1.807, 2.05) is 55.6 Å². The summed E-state index contributed by atoms with van der Waals surface area (Å²) in [5.41, 5.74) is 5.09. The van der Waals surface area contributed by atoms with Gasteiger partial charge in [-0.15, -0.1) is 0 Å². The van der Waals surface area contributed by atoms with Gasteiger partial charge in [0.2, 0.25) is 0 Å². The highest BCUT2D eigenvalue weighted by atomic mass is 16.5. The van der Waals surface area contributed by atoms with Crippen molar-refractivity contribution in [1.82, 2.24) is 4.98 Å². The van der Waals surface area contributed by atoms with Crippen molar-refractivity contribution >= 4 is 33.6 Å². The van der Waals surface area contributed by atoms with Crippen LogP contribution in [0.2, 0.25) is 0 Å². The molecule has 3 aromatic carbocycles. The maximum atomic E-state index is 5.34. The largest absolute Gasteiger partial charge is 0.497 e. The third-order valence-corrected chi connectivity index (χ3v) is 4.37. The van der Waals surface area contributed by atoms with E-state index in [0.29, 0.717) is 0 Å². The van der Waals surface area contributed by atoms with E-state index in [1.54, 1.807) is 7.11 Å². The number of aromatic nitrogens is 1. The Hall–Kier alpha value is -3.40. The molecule has 4 nitrogen and oxygen atoms in total. The Bertz CT molecular complexity index is 1110. The van der Waals surface area contributed by atoms with Gasteiger partial charge in [-0.25, -0.2) is 4.98 Å². The Balaban J connectivity index is 1.70. The summed E-state index contributed by atoms with van der Waals surface area (Å²) in [4.78, 5) is 4.59. The first kappa shape index (κ1) is 16.1. The predicted molar refractivity (Wildman–Crippen MR) is 108 cm³/mol. The molecule has 128 valence electrons. The van der Waals surface area contributed by atoms with E-state index in [4.69, 9.17) is 4.74 Å². The molecule has 0 bridgehead atoms. The van der Waals surface area contributed by atoms with Gasteiger partial charge in [0.1, 0.15) is 5.75 Å². The normalized spacial score (nSPS) is 11.3. The number of fused-ring (bicyclic) bond motifs is 2. The van der Waals surface area contributed by atoms with Gasteiger partial charge in [0, 0.05) is 16.6 Å². The van der Waals surface area contributed by atoms with E-state index in [1.165, 1.54) is 10.8 Å². The molecule has 4 heteroatoms. The fraction of sp³-hybridized carbons (Fsp3) is 0.0909. The number of hydrogen-bond donors (Lipinski definition) is 1. The Kier molecular flexibility index (Phi) is 4.23. The van der Waals surface area contributed by atoms with Crippen molar-refractivity contribution in [3.63, 3.8) is 0 Å². The first-order chi connectivity index (χ1) is 12.7. The molecule has 0 amide bonds. The number of rotatable bonds is 4. The smallest absolute Gasteiger partial charge is 0.154 e. The molecule has 1 heterocycles. The van der Waals surface area contributed by atoms with Crippen LogP contribution >= 0.6 is 0 Å². The number of hydrogen-bond acceptors (Lipinski definition) is 4. The number of anilines is 1. The summed E-state index contributed by atoms with van der Waals surface area (Å²) in [5, 5.41) is 8.87. The summed E-state index contributed by atoms with van der Waals surface area (Å²) in [6.07, 6.45) is 1.83. The van der Waals surface area contributed by atoms with Crippen LogP contribution in [0, 0.1) is 6.92 Å². The summed E-state index contributed by atoms with van der Waals surface area (Å²) < 4.78 is 5.34. The second-order valence-corrected chi connectivity index (χ2v) is 6.14. The van der Waals surface area contributed by atoms with Crippen molar-refractivity contribution in [2.75, 3.05) is 12.5 Å². The van der Waals surface area contributed by atoms with E-state index < -0.39 is 0 Å². The van der Waals surface area contributed by atoms with Crippen molar-refractivity contribution < 1.29 is 4.74 Å². The SMILES string of the molecule is COc1ccc2cc(C)nc(N/N=C/c3cccc4ccccc34)c2c1. The summed E-state index contributed by atoms with van der Waals surface area (Å²) in [6.45, 7) is 1.98. The Morgan fingerprint density at radius 3 is 2.65 bits per heavy atom. The highest BCUT2D eigenvalue weighted by Crippen LogP contribution is 2.27. The van der Waals surface area contributed by atoms with Crippen molar-refractivity contribution in [3.05, 3.63) is 78.0 Å². The second kappa shape index (κ2) is 6.84. The molecule has 0 atom stereocenters. The molecule has 0 aliphatic carbocycles. The average Bonchev–Trinajstić information content (AvgIpc) is 2.67. The standard InChI is InChI=1S/C22H19N3O/c1-15-12-17-10-11-19(26-2)13-21(17)22(24-15)25-23-14-18-8-5-7-16-6-3-4-9-20(16)18/h3-14H,1-2H3,(H,24,25)/b23-14+. The highest BCUT2D eigenvalue weighted by Gasteiger charge is 2.05. The summed E-state index contributed by atoms with van der Waals surface area (Å²) in [5.74, 6) is 1.51. The van der Waals surface area contributed by atoms with E-state index in [-0.39, 0.29) is 0 Å². The van der Waals surface area contributed by atoms with Crippen LogP contribution in [-0.4, -0.2) is 18.3 Å². The molecule has 4 aromatic rings. The van der Waals surface area contributed by atoms with Gasteiger partial charge in [-0.2, -0.15) is 5.10 Å². The Morgan fingerprint density at radius 1 is 0.923 bits per heavy atom. The molecule has 4 rings (SSSR count). The highest BCUT2D eigenvalue weighted by molar-refractivity contribution is 6.00. The molecule has 26 heavy (non-hydrogen) atoms. The lowest BCUT2D eigenvalue weighted by atomic mass is 10.1. The van der Waals surface area contributed by atoms with E-state index >= 15 is 0 Å². The number of nitrogens with zero attached hydrogens (tertiary/aromatic N) is 2. The Morgan fingerprint density at radius 2 is 1.77 bits per heavy atom. The minimum Gasteiger partial charge on any atom is -0.497 e. The van der Waals surface area contributed by atoms with Crippen LogP contribution in [0.5, 0.6) is 5.75 Å². The fourth-order valence-corrected chi connectivity index (χ4v) is 3.10. The quantitative estimate of drug-likeness (QED) is 0.412. The van der Waals surface area contributed by atoms with Crippen LogP contribution in [0.15, 0.2) is 71.8 Å². The third kappa shape index (κ3) is 3.09. The number of benzene rings is 3. The zero-order chi connectivity index (χ0) is 17.9. The number of hydrazone groups is 1. The fourth-order valence-electron chi connectivity index (χ4n) is 3.10. The van der Waals surface area contributed by atoms with Crippen LogP contribution in [0.1, 0.15) is 11.3 Å². The van der Waals surface area contributed by atoms with Gasteiger partial charge in [0.15, 0.2) is 5.82 Å². The molecular formula is C22H19N3O. The van der Waals surface area contributed by atoms with Crippen LogP contribution in [-0.2, 0) is 0 Å². The molecule has 0 unspecified atom stereocenters. The van der Waals surface area contributed by atoms with Crippen LogP contribution in [0.4, 0.5) is 5.82 Å². The number of pyridine rings is 1.